The molecule has 1 aliphatic rings. The Morgan fingerprint density at radius 2 is 2.11 bits per heavy atom. The maximum Gasteiger partial charge on any atom is 0.326 e. The first-order valence-electron chi connectivity index (χ1n) is 6.75. The van der Waals surface area contributed by atoms with Crippen molar-refractivity contribution in [1.82, 2.24) is 10.6 Å². The van der Waals surface area contributed by atoms with Crippen molar-refractivity contribution in [3.05, 3.63) is 0 Å². The molecule has 0 saturated carbocycles. The maximum atomic E-state index is 12.3. The molecule has 1 amide bonds. The van der Waals surface area contributed by atoms with Gasteiger partial charge in [-0.3, -0.25) is 4.79 Å². The third-order valence-electron chi connectivity index (χ3n) is 4.05. The molecular weight excluding hydrogens is 232 g/mol. The minimum absolute atomic E-state index is 0.0678. The molecule has 0 aromatic heterocycles. The van der Waals surface area contributed by atoms with Gasteiger partial charge in [-0.15, -0.1) is 0 Å². The summed E-state index contributed by atoms with van der Waals surface area (Å²) in [5.74, 6) is -1.20. The quantitative estimate of drug-likeness (QED) is 0.666. The first kappa shape index (κ1) is 15.0. The van der Waals surface area contributed by atoms with Gasteiger partial charge in [0.2, 0.25) is 5.91 Å². The molecule has 3 N–H and O–H groups in total. The third-order valence-corrected chi connectivity index (χ3v) is 4.05. The van der Waals surface area contributed by atoms with Crippen LogP contribution in [0.15, 0.2) is 0 Å². The summed E-state index contributed by atoms with van der Waals surface area (Å²) < 4.78 is 0. The Labute approximate surface area is 108 Å². The summed E-state index contributed by atoms with van der Waals surface area (Å²) in [5.41, 5.74) is -0.568. The van der Waals surface area contributed by atoms with Gasteiger partial charge in [-0.2, -0.15) is 0 Å². The van der Waals surface area contributed by atoms with Gasteiger partial charge in [-0.05, 0) is 31.7 Å². The Morgan fingerprint density at radius 3 is 2.50 bits per heavy atom. The number of carboxylic acid groups (broad SMARTS) is 1. The fourth-order valence-electron chi connectivity index (χ4n) is 2.42. The molecule has 1 heterocycles. The molecule has 0 spiro atoms. The van der Waals surface area contributed by atoms with Crippen molar-refractivity contribution in [2.45, 2.75) is 58.0 Å². The summed E-state index contributed by atoms with van der Waals surface area (Å²) in [7, 11) is 0. The van der Waals surface area contributed by atoms with Crippen LogP contribution < -0.4 is 10.6 Å². The molecule has 3 atom stereocenters. The van der Waals surface area contributed by atoms with Crippen LogP contribution in [0.5, 0.6) is 0 Å². The number of rotatable bonds is 6. The van der Waals surface area contributed by atoms with E-state index >= 15 is 0 Å². The molecule has 1 rings (SSSR count). The van der Waals surface area contributed by atoms with Gasteiger partial charge in [0.25, 0.3) is 0 Å². The number of carbonyl (C=O) groups is 2. The Balaban J connectivity index is 2.74. The Bertz CT molecular complexity index is 311. The highest BCUT2D eigenvalue weighted by atomic mass is 16.4. The van der Waals surface area contributed by atoms with E-state index in [-0.39, 0.29) is 11.8 Å². The SMILES string of the molecule is CC[C@H](C)[C@H](NC(=O)C1(CC)CCCN1)C(=O)O. The van der Waals surface area contributed by atoms with Gasteiger partial charge in [0.05, 0.1) is 5.54 Å². The molecule has 1 saturated heterocycles. The van der Waals surface area contributed by atoms with Crippen LogP contribution in [-0.2, 0) is 9.59 Å². The summed E-state index contributed by atoms with van der Waals surface area (Å²) in [4.78, 5) is 23.5. The summed E-state index contributed by atoms with van der Waals surface area (Å²) in [6, 6.07) is -0.798. The number of carboxylic acids is 1. The second-order valence-electron chi connectivity index (χ2n) is 5.14. The van der Waals surface area contributed by atoms with Crippen LogP contribution in [0.2, 0.25) is 0 Å². The van der Waals surface area contributed by atoms with E-state index in [9.17, 15) is 14.7 Å². The van der Waals surface area contributed by atoms with Gasteiger partial charge < -0.3 is 15.7 Å². The summed E-state index contributed by atoms with van der Waals surface area (Å²) in [6.07, 6.45) is 3.15. The number of nitrogens with one attached hydrogen (secondary N) is 2. The van der Waals surface area contributed by atoms with Crippen LogP contribution in [0.3, 0.4) is 0 Å². The number of hydrogen-bond acceptors (Lipinski definition) is 3. The lowest BCUT2D eigenvalue weighted by molar-refractivity contribution is -0.144. The monoisotopic (exact) mass is 256 g/mol. The number of aliphatic carboxylic acids is 1. The first-order chi connectivity index (χ1) is 8.46. The Morgan fingerprint density at radius 1 is 1.44 bits per heavy atom. The molecule has 0 bridgehead atoms. The van der Waals surface area contributed by atoms with Crippen molar-refractivity contribution in [1.29, 1.82) is 0 Å². The van der Waals surface area contributed by atoms with E-state index in [0.717, 1.165) is 25.8 Å². The number of carbonyl (C=O) groups excluding carboxylic acids is 1. The highest BCUT2D eigenvalue weighted by Gasteiger charge is 2.41. The zero-order chi connectivity index (χ0) is 13.8. The minimum atomic E-state index is -0.957. The average Bonchev–Trinajstić information content (AvgIpc) is 2.84. The van der Waals surface area contributed by atoms with Crippen molar-refractivity contribution >= 4 is 11.9 Å². The summed E-state index contributed by atoms with van der Waals surface area (Å²) >= 11 is 0. The van der Waals surface area contributed by atoms with Crippen molar-refractivity contribution < 1.29 is 14.7 Å². The van der Waals surface area contributed by atoms with Crippen molar-refractivity contribution in [3.8, 4) is 0 Å². The lowest BCUT2D eigenvalue weighted by Crippen LogP contribution is -2.58. The number of amides is 1. The topological polar surface area (TPSA) is 78.4 Å². The van der Waals surface area contributed by atoms with E-state index in [1.807, 2.05) is 20.8 Å². The molecule has 0 aromatic carbocycles. The molecule has 1 unspecified atom stereocenters. The lowest BCUT2D eigenvalue weighted by atomic mass is 9.91. The first-order valence-corrected chi connectivity index (χ1v) is 6.75. The number of hydrogen-bond donors (Lipinski definition) is 3. The van der Waals surface area contributed by atoms with E-state index in [1.165, 1.54) is 0 Å². The van der Waals surface area contributed by atoms with E-state index in [1.54, 1.807) is 0 Å². The molecule has 104 valence electrons. The molecule has 1 fully saturated rings. The van der Waals surface area contributed by atoms with Crippen LogP contribution in [0.1, 0.15) is 46.5 Å². The largest absolute Gasteiger partial charge is 0.480 e. The average molecular weight is 256 g/mol. The van der Waals surface area contributed by atoms with Gasteiger partial charge in [0, 0.05) is 0 Å². The normalized spacial score (nSPS) is 26.6. The van der Waals surface area contributed by atoms with Gasteiger partial charge in [-0.25, -0.2) is 4.79 Å². The van der Waals surface area contributed by atoms with E-state index in [4.69, 9.17) is 0 Å². The van der Waals surface area contributed by atoms with E-state index < -0.39 is 17.6 Å². The molecule has 18 heavy (non-hydrogen) atoms. The van der Waals surface area contributed by atoms with Crippen LogP contribution in [0, 0.1) is 5.92 Å². The van der Waals surface area contributed by atoms with Crippen molar-refractivity contribution in [2.75, 3.05) is 6.54 Å². The minimum Gasteiger partial charge on any atom is -0.480 e. The molecular formula is C13H24N2O3. The lowest BCUT2D eigenvalue weighted by Gasteiger charge is -2.30. The van der Waals surface area contributed by atoms with E-state index in [2.05, 4.69) is 10.6 Å². The van der Waals surface area contributed by atoms with Crippen LogP contribution in [0.25, 0.3) is 0 Å². The third kappa shape index (κ3) is 3.02. The molecule has 0 aromatic rings. The van der Waals surface area contributed by atoms with Gasteiger partial charge in [0.15, 0.2) is 0 Å². The van der Waals surface area contributed by atoms with Crippen molar-refractivity contribution in [2.24, 2.45) is 5.92 Å². The predicted octanol–water partition coefficient (Wildman–Crippen LogP) is 1.13. The Kier molecular flexibility index (Phi) is 5.14. The zero-order valence-corrected chi connectivity index (χ0v) is 11.5. The Hall–Kier alpha value is -1.10. The second-order valence-corrected chi connectivity index (χ2v) is 5.14. The fraction of sp³-hybridized carbons (Fsp3) is 0.846. The molecule has 0 aliphatic carbocycles. The smallest absolute Gasteiger partial charge is 0.326 e. The van der Waals surface area contributed by atoms with E-state index in [0.29, 0.717) is 6.42 Å². The van der Waals surface area contributed by atoms with Gasteiger partial charge in [0.1, 0.15) is 6.04 Å². The summed E-state index contributed by atoms with van der Waals surface area (Å²) in [5, 5.41) is 15.1. The van der Waals surface area contributed by atoms with Crippen LogP contribution in [-0.4, -0.2) is 35.1 Å². The van der Waals surface area contributed by atoms with Crippen LogP contribution >= 0.6 is 0 Å². The maximum absolute atomic E-state index is 12.3. The molecule has 1 aliphatic heterocycles. The highest BCUT2D eigenvalue weighted by molar-refractivity contribution is 5.90. The summed E-state index contributed by atoms with van der Waals surface area (Å²) in [6.45, 7) is 6.55. The fourth-order valence-corrected chi connectivity index (χ4v) is 2.42. The van der Waals surface area contributed by atoms with Gasteiger partial charge >= 0.3 is 5.97 Å². The molecule has 0 radical (unpaired) electrons. The van der Waals surface area contributed by atoms with Gasteiger partial charge in [-0.1, -0.05) is 27.2 Å². The molecule has 5 heteroatoms. The predicted molar refractivity (Wildman–Crippen MR) is 69.3 cm³/mol. The standard InChI is InChI=1S/C13H24N2O3/c1-4-9(3)10(11(16)17)15-12(18)13(5-2)7-6-8-14-13/h9-10,14H,4-8H2,1-3H3,(H,15,18)(H,16,17)/t9-,10-,13?/m0/s1. The van der Waals surface area contributed by atoms with Crippen molar-refractivity contribution in [3.63, 3.8) is 0 Å². The zero-order valence-electron chi connectivity index (χ0n) is 11.5. The highest BCUT2D eigenvalue weighted by Crippen LogP contribution is 2.23. The second kappa shape index (κ2) is 6.18. The van der Waals surface area contributed by atoms with Crippen LogP contribution in [0.4, 0.5) is 0 Å². The molecule has 5 nitrogen and oxygen atoms in total.